The van der Waals surface area contributed by atoms with Crippen molar-refractivity contribution >= 4 is 5.82 Å². The number of rotatable bonds is 5. The fraction of sp³-hybridized carbons (Fsp3) is 0.714. The highest BCUT2D eigenvalue weighted by Gasteiger charge is 2.23. The van der Waals surface area contributed by atoms with Crippen molar-refractivity contribution in [1.29, 1.82) is 0 Å². The first-order chi connectivity index (χ1) is 8.69. The van der Waals surface area contributed by atoms with Gasteiger partial charge in [0.2, 0.25) is 0 Å². The number of likely N-dealkylation sites (tertiary alicyclic amines) is 1. The zero-order valence-electron chi connectivity index (χ0n) is 11.7. The van der Waals surface area contributed by atoms with Crippen LogP contribution in [-0.2, 0) is 6.42 Å². The molecule has 1 aliphatic rings. The van der Waals surface area contributed by atoms with Crippen molar-refractivity contribution in [2.75, 3.05) is 25.0 Å². The molecule has 1 saturated heterocycles. The highest BCUT2D eigenvalue weighted by atomic mass is 15.2. The average molecular weight is 248 g/mol. The van der Waals surface area contributed by atoms with Gasteiger partial charge in [0.1, 0.15) is 12.1 Å². The van der Waals surface area contributed by atoms with Crippen LogP contribution in [-0.4, -0.2) is 40.5 Å². The zero-order chi connectivity index (χ0) is 13.0. The summed E-state index contributed by atoms with van der Waals surface area (Å²) in [6.45, 7) is 10.1. The minimum atomic E-state index is 0.667. The van der Waals surface area contributed by atoms with Gasteiger partial charge in [-0.25, -0.2) is 9.97 Å². The third-order valence-corrected chi connectivity index (χ3v) is 3.71. The molecule has 1 N–H and O–H groups in total. The smallest absolute Gasteiger partial charge is 0.129 e. The van der Waals surface area contributed by atoms with E-state index in [-0.39, 0.29) is 0 Å². The standard InChI is InChI=1S/C14H24N4/c1-4-13-7-14(17-10-16-13)15-8-12-5-6-18(9-12)11(2)3/h7,10-12H,4-6,8-9H2,1-3H3,(H,15,16,17). The Kier molecular flexibility index (Phi) is 4.53. The normalized spacial score (nSPS) is 20.6. The summed E-state index contributed by atoms with van der Waals surface area (Å²) in [5.41, 5.74) is 1.10. The van der Waals surface area contributed by atoms with Crippen LogP contribution in [0.5, 0.6) is 0 Å². The lowest BCUT2D eigenvalue weighted by Gasteiger charge is -2.20. The lowest BCUT2D eigenvalue weighted by Crippen LogP contribution is -2.29. The molecule has 0 bridgehead atoms. The van der Waals surface area contributed by atoms with Crippen LogP contribution in [0.1, 0.15) is 32.9 Å². The van der Waals surface area contributed by atoms with Gasteiger partial charge in [0.15, 0.2) is 0 Å². The van der Waals surface area contributed by atoms with Crippen LogP contribution < -0.4 is 5.32 Å². The molecule has 0 radical (unpaired) electrons. The molecule has 2 rings (SSSR count). The largest absolute Gasteiger partial charge is 0.370 e. The van der Waals surface area contributed by atoms with E-state index in [1.165, 1.54) is 19.5 Å². The maximum absolute atomic E-state index is 4.27. The molecular weight excluding hydrogens is 224 g/mol. The second-order valence-corrected chi connectivity index (χ2v) is 5.37. The monoisotopic (exact) mass is 248 g/mol. The Bertz CT molecular complexity index is 378. The Morgan fingerprint density at radius 1 is 1.44 bits per heavy atom. The highest BCUT2D eigenvalue weighted by Crippen LogP contribution is 2.18. The third kappa shape index (κ3) is 3.42. The van der Waals surface area contributed by atoms with E-state index in [1.807, 2.05) is 0 Å². The number of aromatic nitrogens is 2. The van der Waals surface area contributed by atoms with Crippen molar-refractivity contribution in [3.63, 3.8) is 0 Å². The fourth-order valence-corrected chi connectivity index (χ4v) is 2.43. The van der Waals surface area contributed by atoms with E-state index in [4.69, 9.17) is 0 Å². The molecule has 0 aromatic carbocycles. The summed E-state index contributed by atoms with van der Waals surface area (Å²) < 4.78 is 0. The first kappa shape index (κ1) is 13.3. The van der Waals surface area contributed by atoms with E-state index in [9.17, 15) is 0 Å². The van der Waals surface area contributed by atoms with Crippen molar-refractivity contribution in [1.82, 2.24) is 14.9 Å². The summed E-state index contributed by atoms with van der Waals surface area (Å²) in [6, 6.07) is 2.72. The predicted molar refractivity (Wildman–Crippen MR) is 74.7 cm³/mol. The van der Waals surface area contributed by atoms with Crippen molar-refractivity contribution < 1.29 is 0 Å². The van der Waals surface area contributed by atoms with Gasteiger partial charge < -0.3 is 10.2 Å². The number of hydrogen-bond donors (Lipinski definition) is 1. The highest BCUT2D eigenvalue weighted by molar-refractivity contribution is 5.34. The quantitative estimate of drug-likeness (QED) is 0.867. The van der Waals surface area contributed by atoms with Crippen molar-refractivity contribution in [2.24, 2.45) is 5.92 Å². The van der Waals surface area contributed by atoms with Crippen LogP contribution in [0.3, 0.4) is 0 Å². The molecule has 0 spiro atoms. The lowest BCUT2D eigenvalue weighted by molar-refractivity contribution is 0.266. The van der Waals surface area contributed by atoms with Gasteiger partial charge in [-0.2, -0.15) is 0 Å². The van der Waals surface area contributed by atoms with Gasteiger partial charge in [0, 0.05) is 30.9 Å². The van der Waals surface area contributed by atoms with E-state index in [2.05, 4.69) is 47.0 Å². The Labute approximate surface area is 110 Å². The number of aryl methyl sites for hydroxylation is 1. The molecule has 4 heteroatoms. The molecule has 1 aromatic rings. The number of hydrogen-bond acceptors (Lipinski definition) is 4. The third-order valence-electron chi connectivity index (χ3n) is 3.71. The fourth-order valence-electron chi connectivity index (χ4n) is 2.43. The van der Waals surface area contributed by atoms with Gasteiger partial charge in [-0.05, 0) is 39.2 Å². The lowest BCUT2D eigenvalue weighted by atomic mass is 10.1. The van der Waals surface area contributed by atoms with Gasteiger partial charge in [-0.15, -0.1) is 0 Å². The number of nitrogens with zero attached hydrogens (tertiary/aromatic N) is 3. The molecule has 2 heterocycles. The van der Waals surface area contributed by atoms with Crippen LogP contribution >= 0.6 is 0 Å². The minimum absolute atomic E-state index is 0.667. The molecule has 1 fully saturated rings. The van der Waals surface area contributed by atoms with Crippen LogP contribution in [0.15, 0.2) is 12.4 Å². The summed E-state index contributed by atoms with van der Waals surface area (Å²) >= 11 is 0. The first-order valence-corrected chi connectivity index (χ1v) is 6.98. The Hall–Kier alpha value is -1.16. The Morgan fingerprint density at radius 3 is 2.94 bits per heavy atom. The summed E-state index contributed by atoms with van der Waals surface area (Å²) in [7, 11) is 0. The van der Waals surface area contributed by atoms with Crippen molar-refractivity contribution in [3.05, 3.63) is 18.1 Å². The van der Waals surface area contributed by atoms with Gasteiger partial charge in [-0.1, -0.05) is 6.92 Å². The van der Waals surface area contributed by atoms with Crippen LogP contribution in [0, 0.1) is 5.92 Å². The zero-order valence-corrected chi connectivity index (χ0v) is 11.7. The molecule has 18 heavy (non-hydrogen) atoms. The van der Waals surface area contributed by atoms with E-state index in [0.29, 0.717) is 6.04 Å². The SMILES string of the molecule is CCc1cc(NCC2CCN(C(C)C)C2)ncn1. The molecule has 0 aliphatic carbocycles. The molecular formula is C14H24N4. The summed E-state index contributed by atoms with van der Waals surface area (Å²) in [6.07, 6.45) is 3.90. The molecule has 1 atom stereocenters. The van der Waals surface area contributed by atoms with Crippen molar-refractivity contribution in [3.8, 4) is 0 Å². The topological polar surface area (TPSA) is 41.0 Å². The maximum Gasteiger partial charge on any atom is 0.129 e. The Balaban J connectivity index is 1.81. The van der Waals surface area contributed by atoms with Gasteiger partial charge >= 0.3 is 0 Å². The van der Waals surface area contributed by atoms with Gasteiger partial charge in [-0.3, -0.25) is 0 Å². The van der Waals surface area contributed by atoms with Gasteiger partial charge in [0.05, 0.1) is 0 Å². The predicted octanol–water partition coefficient (Wildman–Crippen LogP) is 2.18. The number of anilines is 1. The summed E-state index contributed by atoms with van der Waals surface area (Å²) in [4.78, 5) is 11.0. The summed E-state index contributed by atoms with van der Waals surface area (Å²) in [5, 5.41) is 3.44. The molecule has 4 nitrogen and oxygen atoms in total. The molecule has 1 aliphatic heterocycles. The molecule has 0 saturated carbocycles. The van der Waals surface area contributed by atoms with Gasteiger partial charge in [0.25, 0.3) is 0 Å². The maximum atomic E-state index is 4.27. The average Bonchev–Trinajstić information content (AvgIpc) is 2.85. The van der Waals surface area contributed by atoms with E-state index in [0.717, 1.165) is 30.4 Å². The van der Waals surface area contributed by atoms with E-state index < -0.39 is 0 Å². The second kappa shape index (κ2) is 6.14. The number of nitrogens with one attached hydrogen (secondary N) is 1. The Morgan fingerprint density at radius 2 is 2.28 bits per heavy atom. The van der Waals surface area contributed by atoms with Crippen LogP contribution in [0.2, 0.25) is 0 Å². The van der Waals surface area contributed by atoms with E-state index >= 15 is 0 Å². The van der Waals surface area contributed by atoms with E-state index in [1.54, 1.807) is 6.33 Å². The minimum Gasteiger partial charge on any atom is -0.370 e. The molecule has 0 amide bonds. The van der Waals surface area contributed by atoms with Crippen LogP contribution in [0.4, 0.5) is 5.82 Å². The second-order valence-electron chi connectivity index (χ2n) is 5.37. The molecule has 1 aromatic heterocycles. The first-order valence-electron chi connectivity index (χ1n) is 6.98. The molecule has 100 valence electrons. The molecule has 1 unspecified atom stereocenters. The van der Waals surface area contributed by atoms with Crippen molar-refractivity contribution in [2.45, 2.75) is 39.7 Å². The summed E-state index contributed by atoms with van der Waals surface area (Å²) in [5.74, 6) is 1.71. The van der Waals surface area contributed by atoms with Crippen LogP contribution in [0.25, 0.3) is 0 Å².